The lowest BCUT2D eigenvalue weighted by atomic mass is 9.13. The smallest absolute Gasteiger partial charge is 0.361 e. The predicted octanol–water partition coefficient (Wildman–Crippen LogP) is 18.7. The SMILES string of the molecule is CCCC[B-](c1ccccc1)(c1ccccc1)c1ccccc1.CCC[B-](c1ccccc1)(c1ccccc1)c1ccccc1.CC[B-](c1ccccc1)(c1ccccc1)c1ccccc1.C[B-](c1ccccc1)(c1ccccc1)c1ccccc1.F[B-](F)(c1ccccc1)c1ccccc1.c1ccc([B-](c2ccccc2)(c2ccccc2)c2ccccc2)cc1. The first-order valence-corrected chi connectivity index (χ1v) is 45.4. The van der Waals surface area contributed by atoms with Crippen molar-refractivity contribution in [2.45, 2.75) is 65.8 Å². The van der Waals surface area contributed by atoms with E-state index in [0.29, 0.717) is 0 Å². The van der Waals surface area contributed by atoms with Gasteiger partial charge in [0.05, 0.1) is 24.6 Å². The Morgan fingerprint density at radius 3 is 0.460 bits per heavy atom. The summed E-state index contributed by atoms with van der Waals surface area (Å²) in [4.78, 5) is 0. The zero-order valence-electron chi connectivity index (χ0n) is 73.4. The van der Waals surface area contributed by atoms with Crippen LogP contribution in [0.5, 0.6) is 0 Å². The average molecular weight is 1640 g/mol. The highest BCUT2D eigenvalue weighted by molar-refractivity contribution is 7.20. The van der Waals surface area contributed by atoms with E-state index >= 15 is 0 Å². The van der Waals surface area contributed by atoms with Crippen molar-refractivity contribution in [3.8, 4) is 0 Å². The molecule has 0 bridgehead atoms. The van der Waals surface area contributed by atoms with Crippen LogP contribution in [0.25, 0.3) is 0 Å². The van der Waals surface area contributed by atoms with Gasteiger partial charge in [0, 0.05) is 0 Å². The van der Waals surface area contributed by atoms with Crippen LogP contribution in [-0.4, -0.2) is 37.4 Å². The zero-order valence-corrected chi connectivity index (χ0v) is 73.4. The number of halogens is 2. The fourth-order valence-corrected chi connectivity index (χ4v) is 20.2. The van der Waals surface area contributed by atoms with Gasteiger partial charge < -0.3 is 8.63 Å². The van der Waals surface area contributed by atoms with Crippen molar-refractivity contribution in [1.29, 1.82) is 0 Å². The van der Waals surface area contributed by atoms with Crippen LogP contribution < -0.4 is 98.3 Å². The molecule has 0 saturated carbocycles. The summed E-state index contributed by atoms with van der Waals surface area (Å²) in [6.45, 7) is 5.61. The summed E-state index contributed by atoms with van der Waals surface area (Å²) in [5.41, 5.74) is 22.5. The van der Waals surface area contributed by atoms with Gasteiger partial charge in [-0.2, -0.15) is 96.8 Å². The molecule has 18 aromatic carbocycles. The van der Waals surface area contributed by atoms with E-state index in [4.69, 9.17) is 0 Å². The second-order valence-corrected chi connectivity index (χ2v) is 33.7. The van der Waals surface area contributed by atoms with E-state index in [1.54, 1.807) is 36.4 Å². The van der Waals surface area contributed by atoms with Crippen molar-refractivity contribution < 1.29 is 8.63 Å². The van der Waals surface area contributed by atoms with Crippen molar-refractivity contribution in [2.75, 3.05) is 0 Å². The summed E-state index contributed by atoms with van der Waals surface area (Å²) >= 11 is 0. The summed E-state index contributed by atoms with van der Waals surface area (Å²) in [7, 11) is 0. The first-order chi connectivity index (χ1) is 62.1. The molecule has 0 aliphatic heterocycles. The molecule has 0 aliphatic carbocycles. The minimum Gasteiger partial charge on any atom is -0.469 e. The maximum atomic E-state index is 14.0. The van der Waals surface area contributed by atoms with Crippen molar-refractivity contribution >= 4 is 136 Å². The van der Waals surface area contributed by atoms with Gasteiger partial charge in [0.2, 0.25) is 0 Å². The predicted molar refractivity (Wildman–Crippen MR) is 557 cm³/mol. The molecule has 0 atom stereocenters. The monoisotopic (exact) mass is 1630 g/mol. The molecule has 0 heterocycles. The van der Waals surface area contributed by atoms with Gasteiger partial charge in [-0.15, -0.1) is 10.9 Å². The lowest BCUT2D eigenvalue weighted by Crippen LogP contribution is -2.74. The van der Waals surface area contributed by atoms with Crippen molar-refractivity contribution in [1.82, 2.24) is 0 Å². The Bertz CT molecular complexity index is 5430. The average Bonchev–Trinajstić information content (AvgIpc) is 0.724. The molecule has 0 amide bonds. The molecule has 0 nitrogen and oxygen atoms in total. The van der Waals surface area contributed by atoms with E-state index in [9.17, 15) is 8.63 Å². The van der Waals surface area contributed by atoms with E-state index in [1.807, 2.05) is 0 Å². The van der Waals surface area contributed by atoms with Gasteiger partial charge in [0.25, 0.3) is 0 Å². The number of hydrogen-bond donors (Lipinski definition) is 0. The third-order valence-corrected chi connectivity index (χ3v) is 26.7. The van der Waals surface area contributed by atoms with Crippen LogP contribution in [0.4, 0.5) is 8.63 Å². The van der Waals surface area contributed by atoms with Gasteiger partial charge in [-0.25, -0.2) is 16.4 Å². The second-order valence-electron chi connectivity index (χ2n) is 33.7. The molecular formula is C118H114B6F2-6. The van der Waals surface area contributed by atoms with Crippen LogP contribution in [0.1, 0.15) is 40.0 Å². The third-order valence-electron chi connectivity index (χ3n) is 26.7. The van der Waals surface area contributed by atoms with E-state index < -0.39 is 37.4 Å². The Labute approximate surface area is 750 Å². The largest absolute Gasteiger partial charge is 0.469 e. The normalized spacial score (nSPS) is 11.3. The van der Waals surface area contributed by atoms with E-state index in [1.165, 1.54) is 137 Å². The van der Waals surface area contributed by atoms with E-state index in [2.05, 4.69) is 513 Å². The van der Waals surface area contributed by atoms with E-state index in [0.717, 1.165) is 12.6 Å². The summed E-state index contributed by atoms with van der Waals surface area (Å²) in [6, 6.07) is 191. The van der Waals surface area contributed by atoms with Crippen LogP contribution in [0.3, 0.4) is 0 Å². The van der Waals surface area contributed by atoms with Gasteiger partial charge >= 0.3 is 6.70 Å². The topological polar surface area (TPSA) is 0 Å². The Kier molecular flexibility index (Phi) is 32.5. The van der Waals surface area contributed by atoms with Crippen LogP contribution in [0.2, 0.25) is 25.8 Å². The van der Waals surface area contributed by atoms with Gasteiger partial charge in [-0.3, -0.25) is 0 Å². The fourth-order valence-electron chi connectivity index (χ4n) is 20.2. The summed E-state index contributed by atoms with van der Waals surface area (Å²) in [5, 5.41) is 0. The zero-order chi connectivity index (χ0) is 87.3. The molecule has 0 aromatic heterocycles. The molecule has 8 heteroatoms. The first kappa shape index (κ1) is 90.0. The lowest BCUT2D eigenvalue weighted by molar-refractivity contribution is 0.654. The number of rotatable bonds is 24. The molecule has 0 aliphatic rings. The van der Waals surface area contributed by atoms with E-state index in [-0.39, 0.29) is 10.9 Å². The van der Waals surface area contributed by atoms with Crippen LogP contribution >= 0.6 is 0 Å². The molecule has 0 N–H and O–H groups in total. The van der Waals surface area contributed by atoms with Gasteiger partial charge in [0.1, 0.15) is 6.15 Å². The van der Waals surface area contributed by atoms with Crippen LogP contribution in [0.15, 0.2) is 546 Å². The molecule has 624 valence electrons. The fraction of sp³-hybridized carbons (Fsp3) is 0.0847. The maximum Gasteiger partial charge on any atom is 0.361 e. The van der Waals surface area contributed by atoms with Gasteiger partial charge in [0.15, 0.2) is 0 Å². The van der Waals surface area contributed by atoms with Crippen LogP contribution in [0, 0.1) is 0 Å². The van der Waals surface area contributed by atoms with Crippen molar-refractivity contribution in [2.24, 2.45) is 0 Å². The Balaban J connectivity index is 0.000000130. The van der Waals surface area contributed by atoms with Crippen molar-refractivity contribution in [3.63, 3.8) is 0 Å². The van der Waals surface area contributed by atoms with Crippen LogP contribution in [-0.2, 0) is 0 Å². The Morgan fingerprint density at radius 2 is 0.302 bits per heavy atom. The molecular weight excluding hydrogens is 1520 g/mol. The first-order valence-electron chi connectivity index (χ1n) is 45.4. The minimum absolute atomic E-state index is 0.0868. The van der Waals surface area contributed by atoms with Gasteiger partial charge in [-0.05, 0) is 0 Å². The Morgan fingerprint density at radius 1 is 0.159 bits per heavy atom. The Hall–Kier alpha value is -13.8. The molecule has 0 radical (unpaired) electrons. The minimum atomic E-state index is -3.61. The molecule has 18 aromatic rings. The molecule has 0 saturated heterocycles. The quantitative estimate of drug-likeness (QED) is 0.0529. The molecule has 0 fully saturated rings. The molecule has 18 rings (SSSR count). The van der Waals surface area contributed by atoms with Gasteiger partial charge in [-0.1, -0.05) is 586 Å². The summed E-state index contributed by atoms with van der Waals surface area (Å²) in [5.74, 6) is 0. The molecule has 0 unspecified atom stereocenters. The number of unbranched alkanes of at least 4 members (excludes halogenated alkanes) is 1. The highest BCUT2D eigenvalue weighted by Crippen LogP contribution is 2.20. The molecule has 0 spiro atoms. The standard InChI is InChI=1S/C24H20B.C22H24B.C21H22B.C20H20B.C19H18B.C12H10BF2/c1-5-13-21(14-6-1)25(22-15-7-2-8-16-22,23-17-9-3-10-18-23)24-19-11-4-12-20-24;1-2-3-19-23(20-13-7-4-8-14-20,21-15-9-5-10-16-21)22-17-11-6-12-18-22;1-2-18-22(19-12-6-3-7-13-19,20-14-8-4-9-15-20)21-16-10-5-11-17-21;1-2-21(18-12-6-3-7-13-18,19-14-8-4-9-15-19)20-16-10-5-11-17-20;1-20(17-11-5-2-6-12-17,18-13-7-3-8-14-18)19-15-9-4-10-16-19;14-13(15,11-7-3-1-4-8-11)12-9-5-2-6-10-12/h1-20H;4-18H,2-3,19H2,1H3;3-17H,2,18H2,1H3;3-17H,2H2,1H3;2-16H,1H3;1-10H/q6*-1. The van der Waals surface area contributed by atoms with Crippen molar-refractivity contribution in [3.05, 3.63) is 546 Å². The third kappa shape index (κ3) is 21.0. The number of hydrogen-bond acceptors (Lipinski definition) is 0. The highest BCUT2D eigenvalue weighted by atomic mass is 19.2. The molecule has 126 heavy (non-hydrogen) atoms. The highest BCUT2D eigenvalue weighted by Gasteiger charge is 2.34. The number of benzene rings is 18. The second kappa shape index (κ2) is 45.5. The summed E-state index contributed by atoms with van der Waals surface area (Å²) < 4.78 is 27.9. The maximum absolute atomic E-state index is 14.0. The lowest BCUT2D eigenvalue weighted by Gasteiger charge is -2.44. The summed E-state index contributed by atoms with van der Waals surface area (Å²) in [6.07, 6.45) is 2.22.